The molecule has 0 aromatic heterocycles. The van der Waals surface area contributed by atoms with E-state index in [4.69, 9.17) is 9.84 Å². The van der Waals surface area contributed by atoms with Crippen molar-refractivity contribution in [1.82, 2.24) is 4.31 Å². The van der Waals surface area contributed by atoms with Gasteiger partial charge in [0.1, 0.15) is 6.04 Å². The first-order valence-electron chi connectivity index (χ1n) is 5.29. The van der Waals surface area contributed by atoms with Gasteiger partial charge in [-0.25, -0.2) is 8.42 Å². The lowest BCUT2D eigenvalue weighted by atomic mass is 10.2. The van der Waals surface area contributed by atoms with Crippen molar-refractivity contribution in [1.29, 1.82) is 0 Å². The average molecular weight is 251 g/mol. The molecule has 1 heterocycles. The van der Waals surface area contributed by atoms with Gasteiger partial charge in [-0.15, -0.1) is 0 Å². The van der Waals surface area contributed by atoms with E-state index in [2.05, 4.69) is 0 Å². The van der Waals surface area contributed by atoms with Crippen molar-refractivity contribution < 1.29 is 23.1 Å². The summed E-state index contributed by atoms with van der Waals surface area (Å²) >= 11 is 0. The minimum absolute atomic E-state index is 0.113. The maximum Gasteiger partial charge on any atom is 0.322 e. The summed E-state index contributed by atoms with van der Waals surface area (Å²) in [5.74, 6) is -1.22. The van der Waals surface area contributed by atoms with E-state index in [1.54, 1.807) is 6.92 Å². The molecule has 0 saturated carbocycles. The van der Waals surface area contributed by atoms with Gasteiger partial charge >= 0.3 is 5.97 Å². The summed E-state index contributed by atoms with van der Waals surface area (Å²) < 4.78 is 29.7. The number of sulfonamides is 1. The molecule has 1 saturated heterocycles. The van der Waals surface area contributed by atoms with E-state index in [0.717, 1.165) is 4.31 Å². The van der Waals surface area contributed by atoms with E-state index in [1.165, 1.54) is 0 Å². The molecule has 16 heavy (non-hydrogen) atoms. The third-order valence-electron chi connectivity index (χ3n) is 2.54. The molecule has 94 valence electrons. The maximum absolute atomic E-state index is 11.8. The molecule has 0 aromatic carbocycles. The second-order valence-corrected chi connectivity index (χ2v) is 5.66. The Hall–Kier alpha value is -0.660. The smallest absolute Gasteiger partial charge is 0.322 e. The molecule has 1 fully saturated rings. The van der Waals surface area contributed by atoms with Gasteiger partial charge in [0.05, 0.1) is 12.4 Å². The largest absolute Gasteiger partial charge is 0.480 e. The van der Waals surface area contributed by atoms with Crippen molar-refractivity contribution in [3.8, 4) is 0 Å². The van der Waals surface area contributed by atoms with E-state index in [1.807, 2.05) is 0 Å². The van der Waals surface area contributed by atoms with Crippen LogP contribution >= 0.6 is 0 Å². The Bertz CT molecular complexity index is 340. The number of hydrogen-bond donors (Lipinski definition) is 1. The zero-order valence-corrected chi connectivity index (χ0v) is 10.1. The number of rotatable bonds is 6. The van der Waals surface area contributed by atoms with Gasteiger partial charge in [0.25, 0.3) is 0 Å². The fourth-order valence-corrected chi connectivity index (χ4v) is 3.30. The summed E-state index contributed by atoms with van der Waals surface area (Å²) in [5.41, 5.74) is 0. The zero-order chi connectivity index (χ0) is 12.2. The van der Waals surface area contributed by atoms with E-state index >= 15 is 0 Å². The van der Waals surface area contributed by atoms with Gasteiger partial charge in [0, 0.05) is 13.2 Å². The van der Waals surface area contributed by atoms with Crippen molar-refractivity contribution in [2.45, 2.75) is 25.8 Å². The number of aliphatic carboxylic acids is 1. The molecule has 7 heteroatoms. The lowest BCUT2D eigenvalue weighted by Gasteiger charge is -2.20. The molecular weight excluding hydrogens is 234 g/mol. The lowest BCUT2D eigenvalue weighted by Crippen LogP contribution is -2.42. The average Bonchev–Trinajstić information content (AvgIpc) is 2.66. The van der Waals surface area contributed by atoms with Crippen molar-refractivity contribution in [3.05, 3.63) is 0 Å². The van der Waals surface area contributed by atoms with Gasteiger partial charge in [-0.1, -0.05) is 0 Å². The van der Waals surface area contributed by atoms with E-state index < -0.39 is 22.0 Å². The zero-order valence-electron chi connectivity index (χ0n) is 9.26. The van der Waals surface area contributed by atoms with Crippen LogP contribution < -0.4 is 0 Å². The Morgan fingerprint density at radius 2 is 2.25 bits per heavy atom. The van der Waals surface area contributed by atoms with Crippen molar-refractivity contribution in [2.75, 3.05) is 25.5 Å². The number of carbonyl (C=O) groups is 1. The topological polar surface area (TPSA) is 83.9 Å². The first kappa shape index (κ1) is 13.4. The Morgan fingerprint density at radius 1 is 1.56 bits per heavy atom. The van der Waals surface area contributed by atoms with Crippen LogP contribution in [0.2, 0.25) is 0 Å². The predicted octanol–water partition coefficient (Wildman–Crippen LogP) is -0.0983. The molecule has 0 aliphatic carbocycles. The number of nitrogens with zero attached hydrogens (tertiary/aromatic N) is 1. The van der Waals surface area contributed by atoms with E-state index in [-0.39, 0.29) is 12.4 Å². The third-order valence-corrected chi connectivity index (χ3v) is 4.37. The fourth-order valence-electron chi connectivity index (χ4n) is 1.75. The van der Waals surface area contributed by atoms with E-state index in [9.17, 15) is 13.2 Å². The summed E-state index contributed by atoms with van der Waals surface area (Å²) in [7, 11) is -3.50. The minimum Gasteiger partial charge on any atom is -0.480 e. The SMILES string of the molecule is CCOCCS(=O)(=O)N1CCCC1C(=O)O. The molecule has 1 atom stereocenters. The summed E-state index contributed by atoms with van der Waals surface area (Å²) in [6.07, 6.45) is 0.994. The Morgan fingerprint density at radius 3 is 2.81 bits per heavy atom. The summed E-state index contributed by atoms with van der Waals surface area (Å²) in [6, 6.07) is -0.897. The molecule has 0 aromatic rings. The minimum atomic E-state index is -3.50. The molecule has 6 nitrogen and oxygen atoms in total. The Balaban J connectivity index is 2.63. The first-order chi connectivity index (χ1) is 7.49. The Kier molecular flexibility index (Phi) is 4.69. The first-order valence-corrected chi connectivity index (χ1v) is 6.90. The highest BCUT2D eigenvalue weighted by atomic mass is 32.2. The second-order valence-electron chi connectivity index (χ2n) is 3.62. The van der Waals surface area contributed by atoms with Crippen LogP contribution in [0.1, 0.15) is 19.8 Å². The van der Waals surface area contributed by atoms with Crippen molar-refractivity contribution >= 4 is 16.0 Å². The molecule has 1 unspecified atom stereocenters. The van der Waals surface area contributed by atoms with Gasteiger partial charge in [-0.2, -0.15) is 4.31 Å². The van der Waals surface area contributed by atoms with Gasteiger partial charge in [0.2, 0.25) is 10.0 Å². The molecule has 0 spiro atoms. The fraction of sp³-hybridized carbons (Fsp3) is 0.889. The van der Waals surface area contributed by atoms with Crippen LogP contribution in [-0.4, -0.2) is 55.4 Å². The predicted molar refractivity (Wildman–Crippen MR) is 57.6 cm³/mol. The molecule has 1 aliphatic heterocycles. The van der Waals surface area contributed by atoms with Gasteiger partial charge in [-0.05, 0) is 19.8 Å². The summed E-state index contributed by atoms with van der Waals surface area (Å²) in [6.45, 7) is 2.65. The maximum atomic E-state index is 11.8. The molecule has 1 rings (SSSR count). The van der Waals surface area contributed by atoms with Crippen LogP contribution in [0.15, 0.2) is 0 Å². The number of ether oxygens (including phenoxy) is 1. The number of carboxylic acids is 1. The van der Waals surface area contributed by atoms with Crippen LogP contribution in [0.5, 0.6) is 0 Å². The molecule has 1 N–H and O–H groups in total. The quantitative estimate of drug-likeness (QED) is 0.666. The van der Waals surface area contributed by atoms with Gasteiger partial charge in [0.15, 0.2) is 0 Å². The van der Waals surface area contributed by atoms with Crippen LogP contribution in [0.3, 0.4) is 0 Å². The molecule has 1 aliphatic rings. The van der Waals surface area contributed by atoms with Crippen LogP contribution in [0.4, 0.5) is 0 Å². The highest BCUT2D eigenvalue weighted by Crippen LogP contribution is 2.21. The number of carboxylic acid groups (broad SMARTS) is 1. The molecule has 0 amide bonds. The molecule has 0 radical (unpaired) electrons. The van der Waals surface area contributed by atoms with Gasteiger partial charge < -0.3 is 9.84 Å². The number of hydrogen-bond acceptors (Lipinski definition) is 4. The summed E-state index contributed by atoms with van der Waals surface area (Å²) in [4.78, 5) is 10.9. The van der Waals surface area contributed by atoms with E-state index in [0.29, 0.717) is 26.0 Å². The van der Waals surface area contributed by atoms with Gasteiger partial charge in [-0.3, -0.25) is 4.79 Å². The van der Waals surface area contributed by atoms with Crippen molar-refractivity contribution in [2.24, 2.45) is 0 Å². The molecular formula is C9H17NO5S. The highest BCUT2D eigenvalue weighted by Gasteiger charge is 2.38. The summed E-state index contributed by atoms with van der Waals surface area (Å²) in [5, 5.41) is 8.88. The second kappa shape index (κ2) is 5.60. The monoisotopic (exact) mass is 251 g/mol. The third kappa shape index (κ3) is 3.16. The molecule has 0 bridgehead atoms. The van der Waals surface area contributed by atoms with Crippen LogP contribution in [0.25, 0.3) is 0 Å². The standard InChI is InChI=1S/C9H17NO5S/c1-2-15-6-7-16(13,14)10-5-3-4-8(10)9(11)12/h8H,2-7H2,1H3,(H,11,12). The normalized spacial score (nSPS) is 22.4. The van der Waals surface area contributed by atoms with Crippen LogP contribution in [0, 0.1) is 0 Å². The lowest BCUT2D eigenvalue weighted by molar-refractivity contribution is -0.140. The van der Waals surface area contributed by atoms with Crippen molar-refractivity contribution in [3.63, 3.8) is 0 Å². The Labute approximate surface area is 95.2 Å². The highest BCUT2D eigenvalue weighted by molar-refractivity contribution is 7.89. The van der Waals surface area contributed by atoms with Crippen LogP contribution in [-0.2, 0) is 19.6 Å².